The topological polar surface area (TPSA) is 76.7 Å². The maximum Gasteiger partial charge on any atom is 0.188 e. The van der Waals surface area contributed by atoms with E-state index in [0.29, 0.717) is 39.9 Å². The molecule has 0 saturated carbocycles. The summed E-state index contributed by atoms with van der Waals surface area (Å²) in [5.41, 5.74) is 22.2. The highest BCUT2D eigenvalue weighted by molar-refractivity contribution is 6.13. The van der Waals surface area contributed by atoms with Crippen molar-refractivity contribution in [2.75, 3.05) is 0 Å². The fraction of sp³-hybridized carbons (Fsp3) is 0.0533. The van der Waals surface area contributed by atoms with Gasteiger partial charge in [0.25, 0.3) is 0 Å². The lowest BCUT2D eigenvalue weighted by atomic mass is 9.98. The molecule has 82 heavy (non-hydrogen) atoms. The van der Waals surface area contributed by atoms with Gasteiger partial charge in [-0.3, -0.25) is 0 Å². The van der Waals surface area contributed by atoms with Gasteiger partial charge in [-0.05, 0) is 149 Å². The van der Waals surface area contributed by atoms with Gasteiger partial charge in [0.05, 0.1) is 51.6 Å². The van der Waals surface area contributed by atoms with Crippen molar-refractivity contribution in [3.63, 3.8) is 0 Å². The molecule has 0 saturated heterocycles. The Balaban J connectivity index is 1.06. The number of aromatic nitrogens is 5. The van der Waals surface area contributed by atoms with Gasteiger partial charge in [0.15, 0.2) is 23.2 Å². The molecule has 0 radical (unpaired) electrons. The summed E-state index contributed by atoms with van der Waals surface area (Å²) in [7, 11) is 0. The second-order valence-electron chi connectivity index (χ2n) is 21.2. The monoisotopic (exact) mass is 1050 g/mol. The van der Waals surface area contributed by atoms with E-state index in [0.717, 1.165) is 105 Å². The molecule has 0 unspecified atom stereocenters. The smallest absolute Gasteiger partial charge is 0.188 e. The number of hydrogen-bond donors (Lipinski definition) is 0. The standard InChI is InChI=1S/C75H51N7/c1-46-17-9-13-23-57(46)52-28-33-61-62-34-29-53(58-24-14-10-18-47(58)2)41-70(62)81(69(61)40-52)67-37-27-50(45-76)39-65(67)74-78-73(51-21-7-6-8-22-51)79-75(80-74)66-44-56(77-5)32-38-68(66)82-71-42-54(59-25-15-11-19-48(59)3)30-35-63(71)64-36-31-55(43-72(64)82)60-26-16-12-20-49(60)4/h6-44H,1-4H3. The number of aryl methyl sites for hydroxylation is 4. The SMILES string of the molecule is [C-]#[N+]c1ccc(-n2c3cc(-c4ccccc4C)ccc3c3ccc(-c4ccccc4C)cc32)c(-c2nc(-c3ccccc3)nc(-c3cc(C#N)ccc3-n3c4cc(-c5ccccc5C)ccc4c4ccc(-c5ccccc5C)cc43)n2)c1. The zero-order valence-electron chi connectivity index (χ0n) is 45.6. The van der Waals surface area contributed by atoms with Crippen molar-refractivity contribution in [1.29, 1.82) is 5.26 Å². The van der Waals surface area contributed by atoms with Crippen molar-refractivity contribution in [3.8, 4) is 96.1 Å². The molecule has 14 aromatic rings. The molecule has 0 atom stereocenters. The molecule has 14 rings (SSSR count). The number of benzene rings is 11. The van der Waals surface area contributed by atoms with E-state index >= 15 is 0 Å². The van der Waals surface area contributed by atoms with Gasteiger partial charge < -0.3 is 9.13 Å². The molecule has 3 aromatic heterocycles. The summed E-state index contributed by atoms with van der Waals surface area (Å²) in [5.74, 6) is 1.20. The Hall–Kier alpha value is -11.0. The maximum absolute atomic E-state index is 10.8. The van der Waals surface area contributed by atoms with Gasteiger partial charge in [0.2, 0.25) is 0 Å². The first-order valence-electron chi connectivity index (χ1n) is 27.5. The van der Waals surface area contributed by atoms with Crippen molar-refractivity contribution in [2.24, 2.45) is 0 Å². The minimum atomic E-state index is 0.376. The van der Waals surface area contributed by atoms with Crippen LogP contribution in [-0.2, 0) is 0 Å². The van der Waals surface area contributed by atoms with Gasteiger partial charge in [-0.2, -0.15) is 5.26 Å². The quantitative estimate of drug-likeness (QED) is 0.135. The van der Waals surface area contributed by atoms with E-state index in [1.54, 1.807) is 0 Å². The number of hydrogen-bond acceptors (Lipinski definition) is 4. The zero-order valence-corrected chi connectivity index (χ0v) is 45.6. The highest BCUT2D eigenvalue weighted by Gasteiger charge is 2.25. The lowest BCUT2D eigenvalue weighted by Gasteiger charge is -2.18. The van der Waals surface area contributed by atoms with E-state index in [-0.39, 0.29) is 0 Å². The first-order chi connectivity index (χ1) is 40.2. The van der Waals surface area contributed by atoms with Crippen LogP contribution in [-0.4, -0.2) is 24.1 Å². The van der Waals surface area contributed by atoms with Crippen LogP contribution >= 0.6 is 0 Å². The van der Waals surface area contributed by atoms with Crippen LogP contribution in [0.25, 0.3) is 139 Å². The Morgan fingerprint density at radius 1 is 0.341 bits per heavy atom. The molecule has 7 nitrogen and oxygen atoms in total. The van der Waals surface area contributed by atoms with E-state index in [4.69, 9.17) is 21.5 Å². The minimum absolute atomic E-state index is 0.376. The Bertz CT molecular complexity index is 4510. The molecule has 0 bridgehead atoms. The normalized spacial score (nSPS) is 11.4. The summed E-state index contributed by atoms with van der Waals surface area (Å²) in [6.07, 6.45) is 0. The van der Waals surface area contributed by atoms with Crippen molar-refractivity contribution >= 4 is 49.3 Å². The van der Waals surface area contributed by atoms with Gasteiger partial charge in [0.1, 0.15) is 0 Å². The predicted octanol–water partition coefficient (Wildman–Crippen LogP) is 19.4. The van der Waals surface area contributed by atoms with Crippen LogP contribution < -0.4 is 0 Å². The van der Waals surface area contributed by atoms with Crippen LogP contribution in [0.5, 0.6) is 0 Å². The third-order valence-electron chi connectivity index (χ3n) is 16.2. The average Bonchev–Trinajstić information content (AvgIpc) is 3.93. The van der Waals surface area contributed by atoms with Gasteiger partial charge in [-0.1, -0.05) is 182 Å². The second kappa shape index (κ2) is 20.0. The summed E-state index contributed by atoms with van der Waals surface area (Å²) in [6, 6.07) is 84.9. The fourth-order valence-electron chi connectivity index (χ4n) is 12.1. The Morgan fingerprint density at radius 2 is 0.695 bits per heavy atom. The molecule has 7 heteroatoms. The van der Waals surface area contributed by atoms with Gasteiger partial charge in [0, 0.05) is 38.2 Å². The lowest BCUT2D eigenvalue weighted by molar-refractivity contribution is 1.06. The minimum Gasteiger partial charge on any atom is -0.309 e. The first-order valence-corrected chi connectivity index (χ1v) is 27.5. The van der Waals surface area contributed by atoms with E-state index in [1.165, 1.54) is 22.3 Å². The van der Waals surface area contributed by atoms with Crippen LogP contribution in [0.4, 0.5) is 5.69 Å². The molecule has 0 aliphatic rings. The van der Waals surface area contributed by atoms with Crippen LogP contribution in [0.2, 0.25) is 0 Å². The molecular weight excluding hydrogens is 999 g/mol. The highest BCUT2D eigenvalue weighted by Crippen LogP contribution is 2.44. The molecule has 0 amide bonds. The number of fused-ring (bicyclic) bond motifs is 6. The molecule has 0 N–H and O–H groups in total. The number of nitrogens with zero attached hydrogens (tertiary/aromatic N) is 7. The molecule has 0 aliphatic heterocycles. The highest BCUT2D eigenvalue weighted by atomic mass is 15.1. The van der Waals surface area contributed by atoms with Gasteiger partial charge >= 0.3 is 0 Å². The van der Waals surface area contributed by atoms with Crippen LogP contribution in [0.3, 0.4) is 0 Å². The molecule has 386 valence electrons. The van der Waals surface area contributed by atoms with E-state index in [1.807, 2.05) is 66.7 Å². The Morgan fingerprint density at radius 3 is 1.07 bits per heavy atom. The van der Waals surface area contributed by atoms with E-state index in [2.05, 4.69) is 218 Å². The number of rotatable bonds is 9. The summed E-state index contributed by atoms with van der Waals surface area (Å²) in [6.45, 7) is 17.0. The number of nitriles is 1. The summed E-state index contributed by atoms with van der Waals surface area (Å²) in [4.78, 5) is 20.4. The Kier molecular flexibility index (Phi) is 12.0. The maximum atomic E-state index is 10.8. The largest absolute Gasteiger partial charge is 0.309 e. The lowest BCUT2D eigenvalue weighted by Crippen LogP contribution is -2.06. The fourth-order valence-corrected chi connectivity index (χ4v) is 12.1. The van der Waals surface area contributed by atoms with Crippen LogP contribution in [0.1, 0.15) is 27.8 Å². The van der Waals surface area contributed by atoms with Crippen molar-refractivity contribution < 1.29 is 0 Å². The predicted molar refractivity (Wildman–Crippen MR) is 336 cm³/mol. The molecule has 0 aliphatic carbocycles. The molecule has 0 fully saturated rings. The third kappa shape index (κ3) is 8.39. The summed E-state index contributed by atoms with van der Waals surface area (Å²) in [5, 5.41) is 15.1. The van der Waals surface area contributed by atoms with Gasteiger partial charge in [-0.25, -0.2) is 19.8 Å². The third-order valence-corrected chi connectivity index (χ3v) is 16.2. The van der Waals surface area contributed by atoms with E-state index in [9.17, 15) is 5.26 Å². The molecule has 3 heterocycles. The zero-order chi connectivity index (χ0) is 55.6. The summed E-state index contributed by atoms with van der Waals surface area (Å²) < 4.78 is 4.64. The van der Waals surface area contributed by atoms with Crippen molar-refractivity contribution in [2.45, 2.75) is 27.7 Å². The molecule has 11 aromatic carbocycles. The average molecular weight is 1050 g/mol. The van der Waals surface area contributed by atoms with E-state index < -0.39 is 0 Å². The Labute approximate surface area is 475 Å². The molecular formula is C75H51N7. The summed E-state index contributed by atoms with van der Waals surface area (Å²) >= 11 is 0. The second-order valence-corrected chi connectivity index (χ2v) is 21.2. The van der Waals surface area contributed by atoms with Crippen LogP contribution in [0, 0.1) is 45.6 Å². The van der Waals surface area contributed by atoms with Crippen molar-refractivity contribution in [1.82, 2.24) is 24.1 Å². The van der Waals surface area contributed by atoms with Crippen molar-refractivity contribution in [3.05, 3.63) is 276 Å². The van der Waals surface area contributed by atoms with Crippen LogP contribution in [0.15, 0.2) is 237 Å². The molecule has 0 spiro atoms. The van der Waals surface area contributed by atoms with Gasteiger partial charge in [-0.15, -0.1) is 0 Å². The first kappa shape index (κ1) is 49.3.